The first kappa shape index (κ1) is 23.7. The molecule has 3 N–H and O–H groups in total. The van der Waals surface area contributed by atoms with Crippen molar-refractivity contribution in [3.8, 4) is 22.9 Å². The van der Waals surface area contributed by atoms with Crippen LogP contribution in [0, 0.1) is 0 Å². The number of aromatic nitrogens is 4. The van der Waals surface area contributed by atoms with Crippen molar-refractivity contribution in [3.05, 3.63) is 35.9 Å². The van der Waals surface area contributed by atoms with Gasteiger partial charge < -0.3 is 34.7 Å². The van der Waals surface area contributed by atoms with Crippen LogP contribution in [-0.2, 0) is 17.6 Å². The molecule has 2 aromatic heterocycles. The molecule has 1 saturated heterocycles. The Morgan fingerprint density at radius 1 is 1.06 bits per heavy atom. The third kappa shape index (κ3) is 4.36. The lowest BCUT2D eigenvalue weighted by atomic mass is 9.96. The number of primary amides is 1. The fourth-order valence-corrected chi connectivity index (χ4v) is 4.98. The van der Waals surface area contributed by atoms with Crippen LogP contribution in [0.4, 0.5) is 17.6 Å². The lowest BCUT2D eigenvalue weighted by Gasteiger charge is -2.26. The maximum Gasteiger partial charge on any atom is 0.240 e. The number of anilines is 3. The van der Waals surface area contributed by atoms with Gasteiger partial charge in [0, 0.05) is 24.2 Å². The number of benzene rings is 1. The van der Waals surface area contributed by atoms with Gasteiger partial charge in [-0.05, 0) is 38.5 Å². The van der Waals surface area contributed by atoms with Gasteiger partial charge in [0.15, 0.2) is 11.5 Å². The molecule has 1 aliphatic heterocycles. The van der Waals surface area contributed by atoms with E-state index in [0.717, 1.165) is 61.3 Å². The molecule has 1 amide bonds. The molecule has 1 aromatic carbocycles. The summed E-state index contributed by atoms with van der Waals surface area (Å²) >= 11 is 0. The molecule has 0 unspecified atom stereocenters. The number of nitrogens with one attached hydrogen (secondary N) is 1. The molecule has 1 fully saturated rings. The second kappa shape index (κ2) is 9.92. The summed E-state index contributed by atoms with van der Waals surface area (Å²) in [5, 5.41) is 3.40. The summed E-state index contributed by atoms with van der Waals surface area (Å²) in [5.74, 6) is 3.20. The highest BCUT2D eigenvalue weighted by Crippen LogP contribution is 2.39. The van der Waals surface area contributed by atoms with E-state index in [-0.39, 0.29) is 11.9 Å². The number of rotatable bonds is 8. The molecule has 0 saturated carbocycles. The highest BCUT2D eigenvalue weighted by atomic mass is 16.5. The summed E-state index contributed by atoms with van der Waals surface area (Å²) in [4.78, 5) is 28.2. The molecule has 0 radical (unpaired) electrons. The summed E-state index contributed by atoms with van der Waals surface area (Å²) in [6, 6.07) is 3.34. The van der Waals surface area contributed by atoms with E-state index in [1.165, 1.54) is 0 Å². The summed E-state index contributed by atoms with van der Waals surface area (Å²) in [5.41, 5.74) is 8.58. The zero-order valence-corrected chi connectivity index (χ0v) is 20.8. The van der Waals surface area contributed by atoms with E-state index >= 15 is 0 Å². The van der Waals surface area contributed by atoms with Crippen molar-refractivity contribution >= 4 is 23.5 Å². The molecule has 0 bridgehead atoms. The van der Waals surface area contributed by atoms with Crippen LogP contribution in [0.3, 0.4) is 0 Å². The van der Waals surface area contributed by atoms with Gasteiger partial charge in [-0.15, -0.1) is 0 Å². The normalized spacial score (nSPS) is 17.0. The van der Waals surface area contributed by atoms with Gasteiger partial charge in [0.05, 0.1) is 38.9 Å². The van der Waals surface area contributed by atoms with Crippen molar-refractivity contribution in [2.24, 2.45) is 5.73 Å². The molecule has 1 atom stereocenters. The Kier molecular flexibility index (Phi) is 6.53. The Hall–Kier alpha value is -4.02. The smallest absolute Gasteiger partial charge is 0.240 e. The monoisotopic (exact) mass is 493 g/mol. The van der Waals surface area contributed by atoms with Gasteiger partial charge in [0.2, 0.25) is 17.6 Å². The maximum absolute atomic E-state index is 12.0. The number of ether oxygens (including phenoxy) is 3. The van der Waals surface area contributed by atoms with Gasteiger partial charge in [-0.1, -0.05) is 0 Å². The molecule has 3 aromatic rings. The molecule has 11 heteroatoms. The van der Waals surface area contributed by atoms with Gasteiger partial charge in [0.25, 0.3) is 0 Å². The summed E-state index contributed by atoms with van der Waals surface area (Å²) < 4.78 is 18.3. The minimum Gasteiger partial charge on any atom is -0.493 e. The van der Waals surface area contributed by atoms with Crippen molar-refractivity contribution in [2.45, 2.75) is 44.6 Å². The molecular weight excluding hydrogens is 462 g/mol. The second-order valence-electron chi connectivity index (χ2n) is 8.93. The van der Waals surface area contributed by atoms with Crippen molar-refractivity contribution in [2.75, 3.05) is 38.1 Å². The van der Waals surface area contributed by atoms with Gasteiger partial charge in [-0.25, -0.2) is 9.97 Å². The zero-order valence-electron chi connectivity index (χ0n) is 20.8. The van der Waals surface area contributed by atoms with E-state index in [1.54, 1.807) is 27.7 Å². The van der Waals surface area contributed by atoms with E-state index in [2.05, 4.69) is 10.3 Å². The molecule has 3 heterocycles. The van der Waals surface area contributed by atoms with Crippen LogP contribution in [0.15, 0.2) is 24.7 Å². The molecule has 36 heavy (non-hydrogen) atoms. The van der Waals surface area contributed by atoms with Gasteiger partial charge in [0.1, 0.15) is 24.0 Å². The van der Waals surface area contributed by atoms with E-state index < -0.39 is 0 Å². The first-order chi connectivity index (χ1) is 17.5. The molecule has 5 rings (SSSR count). The third-order valence-corrected chi connectivity index (χ3v) is 6.79. The number of imidazole rings is 1. The first-order valence-electron chi connectivity index (χ1n) is 12.1. The molecule has 190 valence electrons. The average molecular weight is 494 g/mol. The van der Waals surface area contributed by atoms with Crippen LogP contribution in [0.25, 0.3) is 5.69 Å². The van der Waals surface area contributed by atoms with Crippen molar-refractivity contribution in [1.82, 2.24) is 19.5 Å². The number of fused-ring (bicyclic) bond motifs is 1. The number of hydrogen-bond acceptors (Lipinski definition) is 9. The number of aryl methyl sites for hydroxylation is 1. The number of amides is 1. The molecule has 1 aliphatic carbocycles. The highest BCUT2D eigenvalue weighted by Gasteiger charge is 2.32. The largest absolute Gasteiger partial charge is 0.493 e. The van der Waals surface area contributed by atoms with Crippen molar-refractivity contribution < 1.29 is 19.0 Å². The topological polar surface area (TPSA) is 130 Å². The number of nitrogens with zero attached hydrogens (tertiary/aromatic N) is 5. The number of hydrogen-bond donors (Lipinski definition) is 2. The Morgan fingerprint density at radius 3 is 2.50 bits per heavy atom. The summed E-state index contributed by atoms with van der Waals surface area (Å²) in [6.07, 6.45) is 9.13. The van der Waals surface area contributed by atoms with Gasteiger partial charge in [-0.2, -0.15) is 4.98 Å². The van der Waals surface area contributed by atoms with Gasteiger partial charge in [-0.3, -0.25) is 4.79 Å². The fourth-order valence-electron chi connectivity index (χ4n) is 4.98. The Bertz CT molecular complexity index is 1250. The van der Waals surface area contributed by atoms with Crippen molar-refractivity contribution in [3.63, 3.8) is 0 Å². The standard InChI is InChI=1S/C25H31N7O4/c1-34-19-11-15(12-20(35-2)22(19)36-3)31-13-21(27-14-31)29-24-16-7-4-5-8-17(16)28-25(30-24)32-10-6-9-18(32)23(26)33/h11-14,18H,4-10H2,1-3H3,(H2,26,33)(H,28,29,30)/t18-/m0/s1. The first-order valence-corrected chi connectivity index (χ1v) is 12.1. The van der Waals surface area contributed by atoms with E-state index in [9.17, 15) is 4.79 Å². The van der Waals surface area contributed by atoms with Crippen molar-refractivity contribution in [1.29, 1.82) is 0 Å². The number of carbonyl (C=O) groups excluding carboxylic acids is 1. The second-order valence-corrected chi connectivity index (χ2v) is 8.93. The number of carbonyl (C=O) groups is 1. The lowest BCUT2D eigenvalue weighted by molar-refractivity contribution is -0.119. The molecular formula is C25H31N7O4. The van der Waals surface area contributed by atoms with E-state index in [1.807, 2.05) is 27.8 Å². The van der Waals surface area contributed by atoms with Crippen LogP contribution in [-0.4, -0.2) is 59.3 Å². The Morgan fingerprint density at radius 2 is 1.81 bits per heavy atom. The number of nitrogens with two attached hydrogens (primary N) is 1. The molecule has 2 aliphatic rings. The Labute approximate surface area is 209 Å². The predicted octanol–water partition coefficient (Wildman–Crippen LogP) is 2.76. The predicted molar refractivity (Wildman–Crippen MR) is 135 cm³/mol. The van der Waals surface area contributed by atoms with Gasteiger partial charge >= 0.3 is 0 Å². The summed E-state index contributed by atoms with van der Waals surface area (Å²) in [7, 11) is 4.74. The number of methoxy groups -OCH3 is 3. The quantitative estimate of drug-likeness (QED) is 0.486. The maximum atomic E-state index is 12.0. The van der Waals surface area contributed by atoms with Crippen LogP contribution < -0.4 is 30.2 Å². The molecule has 0 spiro atoms. The Balaban J connectivity index is 1.48. The van der Waals surface area contributed by atoms with Crippen LogP contribution in [0.5, 0.6) is 17.2 Å². The average Bonchev–Trinajstić information content (AvgIpc) is 3.58. The van der Waals surface area contributed by atoms with Crippen LogP contribution in [0.2, 0.25) is 0 Å². The lowest BCUT2D eigenvalue weighted by Crippen LogP contribution is -2.41. The van der Waals surface area contributed by atoms with Crippen LogP contribution >= 0.6 is 0 Å². The summed E-state index contributed by atoms with van der Waals surface area (Å²) in [6.45, 7) is 0.710. The van der Waals surface area contributed by atoms with Crippen LogP contribution in [0.1, 0.15) is 36.9 Å². The third-order valence-electron chi connectivity index (χ3n) is 6.79. The minimum absolute atomic E-state index is 0.340. The molecule has 11 nitrogen and oxygen atoms in total. The highest BCUT2D eigenvalue weighted by molar-refractivity contribution is 5.83. The fraction of sp³-hybridized carbons (Fsp3) is 0.440. The minimum atomic E-state index is -0.376. The van der Waals surface area contributed by atoms with E-state index in [0.29, 0.717) is 35.6 Å². The SMILES string of the molecule is COc1cc(-n2cnc(Nc3nc(N4CCC[C@H]4C(N)=O)nc4c3CCCC4)c2)cc(OC)c1OC. The zero-order chi connectivity index (χ0) is 25.2. The van der Waals surface area contributed by atoms with E-state index in [4.69, 9.17) is 29.9 Å².